The summed E-state index contributed by atoms with van der Waals surface area (Å²) >= 11 is 0. The highest BCUT2D eigenvalue weighted by Crippen LogP contribution is 2.45. The molecule has 262 valence electrons. The van der Waals surface area contributed by atoms with Gasteiger partial charge in [0.15, 0.2) is 0 Å². The number of fused-ring (bicyclic) bond motifs is 7. The van der Waals surface area contributed by atoms with Crippen molar-refractivity contribution in [1.82, 2.24) is 0 Å². The molecule has 56 heavy (non-hydrogen) atoms. The summed E-state index contributed by atoms with van der Waals surface area (Å²) in [4.78, 5) is 2.41. The molecular weight excluding hydrogens is 679 g/mol. The molecule has 0 atom stereocenters. The van der Waals surface area contributed by atoms with Gasteiger partial charge >= 0.3 is 0 Å². The summed E-state index contributed by atoms with van der Waals surface area (Å²) in [5.74, 6) is 0. The molecule has 0 radical (unpaired) electrons. The SMILES string of the molecule is c1ccc(-c2ccc(N(c3cccc(-c4ccc5ccccc5c4)c3)c3cccc4c(-c5cccc6c5ccc5oc7ccccc7c56)cccc34)cc2)cc1. The van der Waals surface area contributed by atoms with Crippen molar-refractivity contribution >= 4 is 71.3 Å². The first-order chi connectivity index (χ1) is 27.8. The molecule has 0 aliphatic carbocycles. The fourth-order valence-corrected chi connectivity index (χ4v) is 8.59. The Kier molecular flexibility index (Phi) is 7.53. The van der Waals surface area contributed by atoms with Gasteiger partial charge in [-0.2, -0.15) is 0 Å². The lowest BCUT2D eigenvalue weighted by molar-refractivity contribution is 0.669. The second-order valence-electron chi connectivity index (χ2n) is 14.5. The zero-order valence-electron chi connectivity index (χ0n) is 30.6. The van der Waals surface area contributed by atoms with E-state index in [2.05, 4.69) is 211 Å². The molecule has 0 spiro atoms. The fraction of sp³-hybridized carbons (Fsp3) is 0. The van der Waals surface area contributed by atoms with Gasteiger partial charge in [-0.15, -0.1) is 0 Å². The summed E-state index contributed by atoms with van der Waals surface area (Å²) in [6.45, 7) is 0. The van der Waals surface area contributed by atoms with Crippen molar-refractivity contribution in [2.75, 3.05) is 4.90 Å². The van der Waals surface area contributed by atoms with Crippen molar-refractivity contribution in [3.63, 3.8) is 0 Å². The standard InChI is InChI=1S/C54H35NO/c1-2-12-36(13-3-1)38-28-30-42(31-29-38)55(43-17-8-16-40(35-43)41-27-26-37-14-4-5-15-39(37)34-41)51-24-11-21-46-44(19-9-22-48(46)51)45-20-10-23-49-47(45)32-33-53-54(49)50-18-6-7-25-52(50)56-53/h1-35H. The molecular formula is C54H35NO. The van der Waals surface area contributed by atoms with Crippen LogP contribution in [0.5, 0.6) is 0 Å². The van der Waals surface area contributed by atoms with Gasteiger partial charge in [0.1, 0.15) is 11.2 Å². The minimum Gasteiger partial charge on any atom is -0.456 e. The van der Waals surface area contributed by atoms with Crippen molar-refractivity contribution in [3.05, 3.63) is 212 Å². The molecule has 1 aromatic heterocycles. The molecule has 2 nitrogen and oxygen atoms in total. The molecule has 0 aliphatic rings. The highest BCUT2D eigenvalue weighted by Gasteiger charge is 2.19. The Morgan fingerprint density at radius 1 is 0.304 bits per heavy atom. The fourth-order valence-electron chi connectivity index (χ4n) is 8.59. The van der Waals surface area contributed by atoms with E-state index in [9.17, 15) is 0 Å². The summed E-state index contributed by atoms with van der Waals surface area (Å²) < 4.78 is 6.28. The number of nitrogens with zero attached hydrogens (tertiary/aromatic N) is 1. The quantitative estimate of drug-likeness (QED) is 0.171. The second-order valence-corrected chi connectivity index (χ2v) is 14.5. The lowest BCUT2D eigenvalue weighted by atomic mass is 9.92. The molecule has 11 aromatic rings. The molecule has 11 rings (SSSR count). The van der Waals surface area contributed by atoms with Crippen LogP contribution in [0.4, 0.5) is 17.1 Å². The average Bonchev–Trinajstić information content (AvgIpc) is 3.66. The van der Waals surface area contributed by atoms with Crippen molar-refractivity contribution in [2.24, 2.45) is 0 Å². The van der Waals surface area contributed by atoms with E-state index in [0.29, 0.717) is 0 Å². The zero-order valence-corrected chi connectivity index (χ0v) is 30.6. The van der Waals surface area contributed by atoms with Crippen LogP contribution in [0.3, 0.4) is 0 Å². The van der Waals surface area contributed by atoms with E-state index in [0.717, 1.165) is 39.0 Å². The normalized spacial score (nSPS) is 11.6. The van der Waals surface area contributed by atoms with Gasteiger partial charge in [-0.3, -0.25) is 0 Å². The lowest BCUT2D eigenvalue weighted by Gasteiger charge is -2.28. The van der Waals surface area contributed by atoms with Gasteiger partial charge in [0, 0.05) is 27.5 Å². The second kappa shape index (κ2) is 13.2. The lowest BCUT2D eigenvalue weighted by Crippen LogP contribution is -2.10. The highest BCUT2D eigenvalue weighted by atomic mass is 16.3. The Bertz CT molecular complexity index is 3250. The van der Waals surface area contributed by atoms with Crippen LogP contribution < -0.4 is 4.90 Å². The number of benzene rings is 10. The number of para-hydroxylation sites is 1. The van der Waals surface area contributed by atoms with Gasteiger partial charge in [-0.05, 0) is 109 Å². The van der Waals surface area contributed by atoms with Crippen LogP contribution in [0.2, 0.25) is 0 Å². The van der Waals surface area contributed by atoms with Gasteiger partial charge in [0.2, 0.25) is 0 Å². The Morgan fingerprint density at radius 3 is 1.77 bits per heavy atom. The number of hydrogen-bond acceptors (Lipinski definition) is 2. The summed E-state index contributed by atoms with van der Waals surface area (Å²) in [5, 5.41) is 9.58. The molecule has 1 heterocycles. The van der Waals surface area contributed by atoms with E-state index in [1.54, 1.807) is 0 Å². The van der Waals surface area contributed by atoms with Gasteiger partial charge in [0.05, 0.1) is 5.69 Å². The topological polar surface area (TPSA) is 16.4 Å². The van der Waals surface area contributed by atoms with E-state index < -0.39 is 0 Å². The third-order valence-electron chi connectivity index (χ3n) is 11.2. The van der Waals surface area contributed by atoms with Crippen LogP contribution >= 0.6 is 0 Å². The van der Waals surface area contributed by atoms with Gasteiger partial charge in [0.25, 0.3) is 0 Å². The molecule has 0 N–H and O–H groups in total. The number of anilines is 3. The van der Waals surface area contributed by atoms with E-state index in [1.807, 2.05) is 6.07 Å². The van der Waals surface area contributed by atoms with Gasteiger partial charge in [-0.1, -0.05) is 164 Å². The molecule has 0 amide bonds. The molecule has 0 bridgehead atoms. The first-order valence-electron chi connectivity index (χ1n) is 19.2. The monoisotopic (exact) mass is 713 g/mol. The van der Waals surface area contributed by atoms with Crippen LogP contribution in [0.1, 0.15) is 0 Å². The van der Waals surface area contributed by atoms with Crippen LogP contribution in [-0.2, 0) is 0 Å². The molecule has 0 unspecified atom stereocenters. The Labute approximate surface area is 325 Å². The van der Waals surface area contributed by atoms with Gasteiger partial charge in [-0.25, -0.2) is 0 Å². The first-order valence-corrected chi connectivity index (χ1v) is 19.2. The van der Waals surface area contributed by atoms with Crippen molar-refractivity contribution in [2.45, 2.75) is 0 Å². The van der Waals surface area contributed by atoms with Crippen LogP contribution in [0.25, 0.3) is 87.6 Å². The van der Waals surface area contributed by atoms with Crippen LogP contribution in [-0.4, -0.2) is 0 Å². The summed E-state index contributed by atoms with van der Waals surface area (Å²) in [5.41, 5.74) is 12.3. The minimum absolute atomic E-state index is 0.913. The molecule has 0 aliphatic heterocycles. The van der Waals surface area contributed by atoms with Crippen LogP contribution in [0, 0.1) is 0 Å². The maximum atomic E-state index is 6.28. The largest absolute Gasteiger partial charge is 0.456 e. The van der Waals surface area contributed by atoms with E-state index in [-0.39, 0.29) is 0 Å². The van der Waals surface area contributed by atoms with Crippen molar-refractivity contribution in [3.8, 4) is 33.4 Å². The predicted molar refractivity (Wildman–Crippen MR) is 237 cm³/mol. The summed E-state index contributed by atoms with van der Waals surface area (Å²) in [6.07, 6.45) is 0. The maximum absolute atomic E-state index is 6.28. The molecule has 0 fully saturated rings. The third kappa shape index (κ3) is 5.34. The van der Waals surface area contributed by atoms with Crippen molar-refractivity contribution < 1.29 is 4.42 Å². The molecule has 0 saturated carbocycles. The molecule has 10 aromatic carbocycles. The summed E-state index contributed by atoms with van der Waals surface area (Å²) in [7, 11) is 0. The Balaban J connectivity index is 1.10. The Hall–Kier alpha value is -7.42. The van der Waals surface area contributed by atoms with Crippen LogP contribution in [0.15, 0.2) is 217 Å². The predicted octanol–water partition coefficient (Wildman–Crippen LogP) is 15.5. The number of furan rings is 1. The minimum atomic E-state index is 0.913. The van der Waals surface area contributed by atoms with Gasteiger partial charge < -0.3 is 9.32 Å². The maximum Gasteiger partial charge on any atom is 0.136 e. The summed E-state index contributed by atoms with van der Waals surface area (Å²) in [6, 6.07) is 76.6. The first kappa shape index (κ1) is 32.0. The average molecular weight is 714 g/mol. The zero-order chi connectivity index (χ0) is 37.0. The number of hydrogen-bond donors (Lipinski definition) is 0. The number of rotatable bonds is 6. The Morgan fingerprint density at radius 2 is 0.911 bits per heavy atom. The van der Waals surface area contributed by atoms with E-state index >= 15 is 0 Å². The molecule has 2 heteroatoms. The molecule has 0 saturated heterocycles. The van der Waals surface area contributed by atoms with E-state index in [4.69, 9.17) is 4.42 Å². The van der Waals surface area contributed by atoms with E-state index in [1.165, 1.54) is 65.7 Å². The highest BCUT2D eigenvalue weighted by molar-refractivity contribution is 6.22. The third-order valence-corrected chi connectivity index (χ3v) is 11.2. The smallest absolute Gasteiger partial charge is 0.136 e. The van der Waals surface area contributed by atoms with Crippen molar-refractivity contribution in [1.29, 1.82) is 0 Å².